The predicted molar refractivity (Wildman–Crippen MR) is 83.6 cm³/mol. The van der Waals surface area contributed by atoms with Crippen LogP contribution in [-0.2, 0) is 16.4 Å². The molecule has 0 unspecified atom stereocenters. The molecule has 0 amide bonds. The average Bonchev–Trinajstić information content (AvgIpc) is 2.94. The average molecular weight is 316 g/mol. The van der Waals surface area contributed by atoms with E-state index in [0.717, 1.165) is 31.2 Å². The van der Waals surface area contributed by atoms with E-state index in [1.807, 2.05) is 30.3 Å². The molecule has 0 aromatic heterocycles. The van der Waals surface area contributed by atoms with Crippen LogP contribution in [0.1, 0.15) is 31.2 Å². The molecule has 1 saturated carbocycles. The first-order chi connectivity index (χ1) is 9.55. The van der Waals surface area contributed by atoms with E-state index in [0.29, 0.717) is 18.8 Å². The lowest BCUT2D eigenvalue weighted by atomic mass is 9.89. The van der Waals surface area contributed by atoms with Crippen LogP contribution in [0, 0.1) is 5.41 Å². The van der Waals surface area contributed by atoms with Crippen LogP contribution in [-0.4, -0.2) is 26.6 Å². The smallest absolute Gasteiger partial charge is 0.211 e. The normalized spacial score (nSPS) is 18.2. The second-order valence-electron chi connectivity index (χ2n) is 5.72. The molecule has 1 aliphatic rings. The lowest BCUT2D eigenvalue weighted by Crippen LogP contribution is -2.38. The zero-order valence-electron chi connectivity index (χ0n) is 11.6. The molecule has 1 aliphatic carbocycles. The Hall–Kier alpha value is -0.580. The van der Waals surface area contributed by atoms with Gasteiger partial charge in [-0.3, -0.25) is 0 Å². The van der Waals surface area contributed by atoms with Gasteiger partial charge < -0.3 is 0 Å². The van der Waals surface area contributed by atoms with Crippen molar-refractivity contribution in [2.24, 2.45) is 5.41 Å². The summed E-state index contributed by atoms with van der Waals surface area (Å²) in [5.74, 6) is 0.670. The van der Waals surface area contributed by atoms with Gasteiger partial charge in [-0.1, -0.05) is 43.2 Å². The highest BCUT2D eigenvalue weighted by molar-refractivity contribution is 7.89. The Labute approximate surface area is 126 Å². The number of alkyl halides is 1. The van der Waals surface area contributed by atoms with Crippen molar-refractivity contribution >= 4 is 21.6 Å². The number of nitrogens with one attached hydrogen (secondary N) is 1. The zero-order chi connectivity index (χ0) is 14.5. The van der Waals surface area contributed by atoms with Crippen LogP contribution in [0.15, 0.2) is 30.3 Å². The summed E-state index contributed by atoms with van der Waals surface area (Å²) in [6.45, 7) is 0.480. The van der Waals surface area contributed by atoms with Gasteiger partial charge in [0.1, 0.15) is 0 Å². The van der Waals surface area contributed by atoms with E-state index in [4.69, 9.17) is 11.6 Å². The van der Waals surface area contributed by atoms with Crippen molar-refractivity contribution in [3.05, 3.63) is 35.9 Å². The van der Waals surface area contributed by atoms with E-state index < -0.39 is 10.0 Å². The van der Waals surface area contributed by atoms with Crippen LogP contribution < -0.4 is 4.72 Å². The van der Waals surface area contributed by atoms with Gasteiger partial charge in [0.2, 0.25) is 10.0 Å². The number of sulfonamides is 1. The van der Waals surface area contributed by atoms with Crippen LogP contribution in [0.3, 0.4) is 0 Å². The molecule has 0 heterocycles. The van der Waals surface area contributed by atoms with E-state index >= 15 is 0 Å². The minimum atomic E-state index is -3.22. The molecule has 112 valence electrons. The first-order valence-corrected chi connectivity index (χ1v) is 9.31. The Morgan fingerprint density at radius 1 is 1.15 bits per heavy atom. The van der Waals surface area contributed by atoms with Gasteiger partial charge in [0, 0.05) is 12.4 Å². The molecule has 20 heavy (non-hydrogen) atoms. The number of halogens is 1. The molecule has 1 aromatic carbocycles. The third-order valence-corrected chi connectivity index (χ3v) is 6.01. The van der Waals surface area contributed by atoms with Crippen LogP contribution in [0.5, 0.6) is 0 Å². The second-order valence-corrected chi connectivity index (χ2v) is 7.91. The van der Waals surface area contributed by atoms with Gasteiger partial charge >= 0.3 is 0 Å². The fourth-order valence-corrected chi connectivity index (χ4v) is 4.25. The highest BCUT2D eigenvalue weighted by atomic mass is 35.5. The van der Waals surface area contributed by atoms with Gasteiger partial charge in [0.05, 0.1) is 5.75 Å². The summed E-state index contributed by atoms with van der Waals surface area (Å²) >= 11 is 6.03. The predicted octanol–water partition coefficient (Wildman–Crippen LogP) is 2.95. The van der Waals surface area contributed by atoms with E-state index in [1.54, 1.807) is 0 Å². The van der Waals surface area contributed by atoms with Crippen molar-refractivity contribution in [3.63, 3.8) is 0 Å². The van der Waals surface area contributed by atoms with Crippen molar-refractivity contribution in [2.45, 2.75) is 32.1 Å². The Morgan fingerprint density at radius 3 is 2.40 bits per heavy atom. The van der Waals surface area contributed by atoms with Gasteiger partial charge in [0.15, 0.2) is 0 Å². The van der Waals surface area contributed by atoms with Gasteiger partial charge in [-0.15, -0.1) is 11.6 Å². The molecule has 0 saturated heterocycles. The molecule has 1 fully saturated rings. The highest BCUT2D eigenvalue weighted by Gasteiger charge is 2.33. The lowest BCUT2D eigenvalue weighted by molar-refractivity contribution is 0.342. The van der Waals surface area contributed by atoms with E-state index in [9.17, 15) is 8.42 Å². The fraction of sp³-hybridized carbons (Fsp3) is 0.600. The summed E-state index contributed by atoms with van der Waals surface area (Å²) in [7, 11) is -3.22. The molecule has 0 bridgehead atoms. The molecule has 1 N–H and O–H groups in total. The van der Waals surface area contributed by atoms with Crippen molar-refractivity contribution in [1.29, 1.82) is 0 Å². The molecule has 0 spiro atoms. The van der Waals surface area contributed by atoms with E-state index in [-0.39, 0.29) is 11.2 Å². The standard InChI is InChI=1S/C15H22ClNO2S/c16-12-15(9-4-5-10-15)13-17-20(18,19)11-8-14-6-2-1-3-7-14/h1-3,6-7,17H,4-5,8-13H2. The number of benzene rings is 1. The minimum Gasteiger partial charge on any atom is -0.215 e. The van der Waals surface area contributed by atoms with Gasteiger partial charge in [-0.25, -0.2) is 13.1 Å². The lowest BCUT2D eigenvalue weighted by Gasteiger charge is -2.26. The Kier molecular flexibility index (Phi) is 5.47. The van der Waals surface area contributed by atoms with Crippen LogP contribution >= 0.6 is 11.6 Å². The summed E-state index contributed by atoms with van der Waals surface area (Å²) in [4.78, 5) is 0. The summed E-state index contributed by atoms with van der Waals surface area (Å²) < 4.78 is 26.9. The molecular formula is C15H22ClNO2S. The molecule has 0 atom stereocenters. The Balaban J connectivity index is 1.85. The van der Waals surface area contributed by atoms with Crippen molar-refractivity contribution < 1.29 is 8.42 Å². The molecular weight excluding hydrogens is 294 g/mol. The van der Waals surface area contributed by atoms with Gasteiger partial charge in [-0.2, -0.15) is 0 Å². The maximum absolute atomic E-state index is 12.1. The number of aryl methyl sites for hydroxylation is 1. The Morgan fingerprint density at radius 2 is 1.80 bits per heavy atom. The molecule has 3 nitrogen and oxygen atoms in total. The molecule has 1 aromatic rings. The summed E-state index contributed by atoms with van der Waals surface area (Å²) in [5.41, 5.74) is 1.02. The molecule has 0 aliphatic heterocycles. The zero-order valence-corrected chi connectivity index (χ0v) is 13.2. The fourth-order valence-electron chi connectivity index (χ4n) is 2.71. The second kappa shape index (κ2) is 6.92. The largest absolute Gasteiger partial charge is 0.215 e. The minimum absolute atomic E-state index is 0.0264. The summed E-state index contributed by atoms with van der Waals surface area (Å²) in [5, 5.41) is 0. The van der Waals surface area contributed by atoms with Crippen LogP contribution in [0.25, 0.3) is 0 Å². The molecule has 5 heteroatoms. The van der Waals surface area contributed by atoms with Crippen LogP contribution in [0.4, 0.5) is 0 Å². The van der Waals surface area contributed by atoms with Crippen molar-refractivity contribution in [1.82, 2.24) is 4.72 Å². The first kappa shape index (κ1) is 15.8. The first-order valence-electron chi connectivity index (χ1n) is 7.13. The van der Waals surface area contributed by atoms with Gasteiger partial charge in [-0.05, 0) is 30.2 Å². The summed E-state index contributed by atoms with van der Waals surface area (Å²) in [6, 6.07) is 9.69. The van der Waals surface area contributed by atoms with Crippen molar-refractivity contribution in [3.8, 4) is 0 Å². The quantitative estimate of drug-likeness (QED) is 0.786. The summed E-state index contributed by atoms with van der Waals surface area (Å²) in [6.07, 6.45) is 4.90. The maximum Gasteiger partial charge on any atom is 0.211 e. The Bertz CT molecular complexity index is 510. The third-order valence-electron chi connectivity index (χ3n) is 4.12. The molecule has 2 rings (SSSR count). The monoisotopic (exact) mass is 315 g/mol. The topological polar surface area (TPSA) is 46.2 Å². The van der Waals surface area contributed by atoms with Crippen molar-refractivity contribution in [2.75, 3.05) is 18.2 Å². The van der Waals surface area contributed by atoms with E-state index in [1.165, 1.54) is 0 Å². The third kappa shape index (κ3) is 4.47. The number of hydrogen-bond donors (Lipinski definition) is 1. The number of hydrogen-bond acceptors (Lipinski definition) is 2. The highest BCUT2D eigenvalue weighted by Crippen LogP contribution is 2.38. The molecule has 0 radical (unpaired) electrons. The maximum atomic E-state index is 12.1. The number of rotatable bonds is 7. The SMILES string of the molecule is O=S(=O)(CCc1ccccc1)NCC1(CCl)CCCC1. The van der Waals surface area contributed by atoms with Crippen LogP contribution in [0.2, 0.25) is 0 Å². The van der Waals surface area contributed by atoms with Gasteiger partial charge in [0.25, 0.3) is 0 Å². The van der Waals surface area contributed by atoms with E-state index in [2.05, 4.69) is 4.72 Å².